The van der Waals surface area contributed by atoms with Crippen LogP contribution in [0.4, 0.5) is 0 Å². The second kappa shape index (κ2) is 6.26. The van der Waals surface area contributed by atoms with Crippen LogP contribution in [0.2, 0.25) is 0 Å². The molecule has 0 bridgehead atoms. The largest absolute Gasteiger partial charge is 0.478 e. The summed E-state index contributed by atoms with van der Waals surface area (Å²) in [6.45, 7) is 11.3. The van der Waals surface area contributed by atoms with Gasteiger partial charge in [0.2, 0.25) is 0 Å². The molecule has 5 nitrogen and oxygen atoms in total. The van der Waals surface area contributed by atoms with Crippen molar-refractivity contribution < 1.29 is 9.90 Å². The van der Waals surface area contributed by atoms with Gasteiger partial charge < -0.3 is 14.6 Å². The Kier molecular flexibility index (Phi) is 4.63. The molecular weight excluding hydrogens is 266 g/mol. The Bertz CT molecular complexity index is 644. The average molecular weight is 289 g/mol. The molecule has 0 amide bonds. The van der Waals surface area contributed by atoms with E-state index in [1.54, 1.807) is 12.1 Å². The van der Waals surface area contributed by atoms with Crippen LogP contribution in [0.1, 0.15) is 43.0 Å². The number of aromatic nitrogens is 2. The summed E-state index contributed by atoms with van der Waals surface area (Å²) in [5.74, 6) is -0.0694. The fourth-order valence-electron chi connectivity index (χ4n) is 2.90. The van der Waals surface area contributed by atoms with Crippen molar-refractivity contribution in [1.82, 2.24) is 14.5 Å². The van der Waals surface area contributed by atoms with Gasteiger partial charge in [0.05, 0.1) is 11.1 Å². The number of hydrogen-bond donors (Lipinski definition) is 1. The van der Waals surface area contributed by atoms with E-state index in [1.165, 1.54) is 0 Å². The maximum atomic E-state index is 11.3. The van der Waals surface area contributed by atoms with Gasteiger partial charge in [-0.25, -0.2) is 9.78 Å². The summed E-state index contributed by atoms with van der Waals surface area (Å²) >= 11 is 0. The highest BCUT2D eigenvalue weighted by atomic mass is 16.4. The highest BCUT2D eigenvalue weighted by Crippen LogP contribution is 2.24. The van der Waals surface area contributed by atoms with Gasteiger partial charge in [-0.05, 0) is 39.1 Å². The van der Waals surface area contributed by atoms with Crippen LogP contribution in [0.5, 0.6) is 0 Å². The normalized spacial score (nSPS) is 13.0. The predicted octanol–water partition coefficient (Wildman–Crippen LogP) is 2.95. The zero-order chi connectivity index (χ0) is 15.6. The first-order valence-corrected chi connectivity index (χ1v) is 7.42. The molecule has 0 radical (unpaired) electrons. The van der Waals surface area contributed by atoms with Gasteiger partial charge >= 0.3 is 5.97 Å². The Morgan fingerprint density at radius 3 is 2.62 bits per heavy atom. The number of likely N-dealkylation sites (N-methyl/N-ethyl adjacent to an activating group) is 1. The maximum absolute atomic E-state index is 11.3. The van der Waals surface area contributed by atoms with E-state index in [9.17, 15) is 9.90 Å². The molecule has 0 spiro atoms. The number of fused-ring (bicyclic) bond motifs is 1. The standard InChI is InChI=1S/C16H23N3O2/c1-5-18(6-2)10-11(3)19-12(4)17-15-13(16(20)21)8-7-9-14(15)19/h7-9,11H,5-6,10H2,1-4H3,(H,20,21). The van der Waals surface area contributed by atoms with Gasteiger partial charge in [-0.15, -0.1) is 0 Å². The first kappa shape index (κ1) is 15.5. The average Bonchev–Trinajstić information content (AvgIpc) is 2.79. The smallest absolute Gasteiger partial charge is 0.337 e. The topological polar surface area (TPSA) is 58.4 Å². The lowest BCUT2D eigenvalue weighted by Crippen LogP contribution is -2.29. The molecule has 21 heavy (non-hydrogen) atoms. The monoisotopic (exact) mass is 289 g/mol. The molecule has 0 aliphatic carbocycles. The fourth-order valence-corrected chi connectivity index (χ4v) is 2.90. The summed E-state index contributed by atoms with van der Waals surface area (Å²) in [6.07, 6.45) is 0. The molecule has 1 aromatic carbocycles. The number of rotatable bonds is 6. The van der Waals surface area contributed by atoms with Gasteiger partial charge in [-0.2, -0.15) is 0 Å². The van der Waals surface area contributed by atoms with Crippen LogP contribution < -0.4 is 0 Å². The summed E-state index contributed by atoms with van der Waals surface area (Å²) in [5.41, 5.74) is 1.74. The number of carboxylic acid groups (broad SMARTS) is 1. The van der Waals surface area contributed by atoms with Crippen molar-refractivity contribution in [3.05, 3.63) is 29.6 Å². The van der Waals surface area contributed by atoms with Gasteiger partial charge in [0.15, 0.2) is 0 Å². The number of carboxylic acids is 1. The Labute approximate surface area is 125 Å². The van der Waals surface area contributed by atoms with E-state index >= 15 is 0 Å². The van der Waals surface area contributed by atoms with Crippen molar-refractivity contribution in [3.8, 4) is 0 Å². The molecule has 2 rings (SSSR count). The number of aromatic carboxylic acids is 1. The molecule has 1 aromatic heterocycles. The molecule has 1 unspecified atom stereocenters. The molecule has 0 aliphatic rings. The first-order valence-electron chi connectivity index (χ1n) is 7.42. The minimum atomic E-state index is -0.929. The Morgan fingerprint density at radius 2 is 2.05 bits per heavy atom. The predicted molar refractivity (Wildman–Crippen MR) is 83.9 cm³/mol. The van der Waals surface area contributed by atoms with Crippen molar-refractivity contribution in [2.24, 2.45) is 0 Å². The number of aryl methyl sites for hydroxylation is 1. The van der Waals surface area contributed by atoms with Crippen LogP contribution in [0, 0.1) is 6.92 Å². The van der Waals surface area contributed by atoms with Crippen LogP contribution in [0.3, 0.4) is 0 Å². The van der Waals surface area contributed by atoms with E-state index in [1.807, 2.05) is 13.0 Å². The summed E-state index contributed by atoms with van der Waals surface area (Å²) in [6, 6.07) is 5.59. The fraction of sp³-hybridized carbons (Fsp3) is 0.500. The lowest BCUT2D eigenvalue weighted by atomic mass is 10.2. The van der Waals surface area contributed by atoms with E-state index in [-0.39, 0.29) is 11.6 Å². The van der Waals surface area contributed by atoms with Crippen LogP contribution in [-0.4, -0.2) is 45.2 Å². The van der Waals surface area contributed by atoms with Gasteiger partial charge in [-0.3, -0.25) is 0 Å². The lowest BCUT2D eigenvalue weighted by Gasteiger charge is -2.24. The molecule has 2 aromatic rings. The summed E-state index contributed by atoms with van der Waals surface area (Å²) in [4.78, 5) is 18.2. The molecular formula is C16H23N3O2. The highest BCUT2D eigenvalue weighted by molar-refractivity contribution is 6.01. The van der Waals surface area contributed by atoms with Crippen LogP contribution in [0.25, 0.3) is 11.0 Å². The number of imidazole rings is 1. The summed E-state index contributed by atoms with van der Waals surface area (Å²) in [7, 11) is 0. The lowest BCUT2D eigenvalue weighted by molar-refractivity contribution is 0.0699. The molecule has 114 valence electrons. The Hall–Kier alpha value is -1.88. The molecule has 0 saturated carbocycles. The minimum Gasteiger partial charge on any atom is -0.478 e. The highest BCUT2D eigenvalue weighted by Gasteiger charge is 2.19. The van der Waals surface area contributed by atoms with Crippen LogP contribution in [0.15, 0.2) is 18.2 Å². The summed E-state index contributed by atoms with van der Waals surface area (Å²) < 4.78 is 2.14. The number of para-hydroxylation sites is 1. The quantitative estimate of drug-likeness (QED) is 0.888. The molecule has 0 fully saturated rings. The van der Waals surface area contributed by atoms with E-state index in [0.29, 0.717) is 5.52 Å². The second-order valence-corrected chi connectivity index (χ2v) is 5.34. The molecule has 0 saturated heterocycles. The molecule has 5 heteroatoms. The number of carbonyl (C=O) groups is 1. The molecule has 1 heterocycles. The zero-order valence-electron chi connectivity index (χ0n) is 13.1. The van der Waals surface area contributed by atoms with Crippen molar-refractivity contribution in [1.29, 1.82) is 0 Å². The minimum absolute atomic E-state index is 0.249. The van der Waals surface area contributed by atoms with Crippen LogP contribution in [-0.2, 0) is 0 Å². The van der Waals surface area contributed by atoms with E-state index in [4.69, 9.17) is 0 Å². The second-order valence-electron chi connectivity index (χ2n) is 5.34. The van der Waals surface area contributed by atoms with Gasteiger partial charge in [-0.1, -0.05) is 19.9 Å². The Morgan fingerprint density at radius 1 is 1.38 bits per heavy atom. The molecule has 1 N–H and O–H groups in total. The zero-order valence-corrected chi connectivity index (χ0v) is 13.1. The first-order chi connectivity index (χ1) is 9.99. The van der Waals surface area contributed by atoms with Crippen molar-refractivity contribution in [3.63, 3.8) is 0 Å². The number of nitrogens with zero attached hydrogens (tertiary/aromatic N) is 3. The van der Waals surface area contributed by atoms with Gasteiger partial charge in [0.25, 0.3) is 0 Å². The van der Waals surface area contributed by atoms with Crippen molar-refractivity contribution in [2.75, 3.05) is 19.6 Å². The van der Waals surface area contributed by atoms with E-state index in [0.717, 1.165) is 31.0 Å². The van der Waals surface area contributed by atoms with Crippen molar-refractivity contribution in [2.45, 2.75) is 33.7 Å². The molecule has 0 aliphatic heterocycles. The SMILES string of the molecule is CCN(CC)CC(C)n1c(C)nc2c(C(=O)O)cccc21. The van der Waals surface area contributed by atoms with Gasteiger partial charge in [0.1, 0.15) is 11.3 Å². The van der Waals surface area contributed by atoms with E-state index in [2.05, 4.69) is 35.2 Å². The number of hydrogen-bond acceptors (Lipinski definition) is 3. The third-order valence-electron chi connectivity index (χ3n) is 3.98. The van der Waals surface area contributed by atoms with Gasteiger partial charge in [0, 0.05) is 12.6 Å². The van der Waals surface area contributed by atoms with Crippen LogP contribution >= 0.6 is 0 Å². The Balaban J connectivity index is 2.47. The third-order valence-corrected chi connectivity index (χ3v) is 3.98. The number of benzene rings is 1. The third kappa shape index (κ3) is 2.93. The maximum Gasteiger partial charge on any atom is 0.337 e. The summed E-state index contributed by atoms with van der Waals surface area (Å²) in [5, 5.41) is 9.29. The molecule has 1 atom stereocenters. The van der Waals surface area contributed by atoms with Crippen molar-refractivity contribution >= 4 is 17.0 Å². The van der Waals surface area contributed by atoms with E-state index < -0.39 is 5.97 Å².